The first-order chi connectivity index (χ1) is 8.65. The van der Waals surface area contributed by atoms with Gasteiger partial charge in [-0.25, -0.2) is 4.39 Å². The number of carbonyl (C=O) groups excluding carboxylic acids is 1. The monoisotopic (exact) mass is 248 g/mol. The zero-order chi connectivity index (χ0) is 12.7. The van der Waals surface area contributed by atoms with Gasteiger partial charge in [-0.2, -0.15) is 0 Å². The minimum atomic E-state index is -0.347. The Bertz CT molecular complexity index is 477. The molecule has 2 atom stereocenters. The van der Waals surface area contributed by atoms with E-state index in [4.69, 9.17) is 0 Å². The number of likely N-dealkylation sites (tertiary alicyclic amines) is 2. The molecule has 96 valence electrons. The summed E-state index contributed by atoms with van der Waals surface area (Å²) in [6.07, 6.45) is 1.07. The molecule has 3 rings (SSSR count). The lowest BCUT2D eigenvalue weighted by Crippen LogP contribution is -2.39. The second kappa shape index (κ2) is 4.35. The van der Waals surface area contributed by atoms with Gasteiger partial charge in [0.2, 0.25) is 0 Å². The number of halogens is 1. The van der Waals surface area contributed by atoms with Crippen LogP contribution in [-0.4, -0.2) is 48.4 Å². The van der Waals surface area contributed by atoms with Gasteiger partial charge in [-0.1, -0.05) is 6.07 Å². The summed E-state index contributed by atoms with van der Waals surface area (Å²) in [7, 11) is 2.09. The summed E-state index contributed by atoms with van der Waals surface area (Å²) in [4.78, 5) is 16.6. The van der Waals surface area contributed by atoms with Crippen LogP contribution >= 0.6 is 0 Å². The van der Waals surface area contributed by atoms with Gasteiger partial charge in [0.1, 0.15) is 5.82 Å². The van der Waals surface area contributed by atoms with Gasteiger partial charge in [0.15, 0.2) is 0 Å². The molecule has 2 fully saturated rings. The molecule has 0 bridgehead atoms. The highest BCUT2D eigenvalue weighted by Crippen LogP contribution is 2.31. The van der Waals surface area contributed by atoms with Gasteiger partial charge in [-0.15, -0.1) is 0 Å². The molecular weight excluding hydrogens is 231 g/mol. The Morgan fingerprint density at radius 3 is 3.00 bits per heavy atom. The van der Waals surface area contributed by atoms with Crippen LogP contribution in [0.3, 0.4) is 0 Å². The van der Waals surface area contributed by atoms with E-state index in [-0.39, 0.29) is 11.7 Å². The summed E-state index contributed by atoms with van der Waals surface area (Å²) in [5.41, 5.74) is 0.463. The number of rotatable bonds is 1. The third kappa shape index (κ3) is 1.90. The number of likely N-dealkylation sites (N-methyl/N-ethyl adjacent to an activating group) is 1. The van der Waals surface area contributed by atoms with E-state index in [2.05, 4.69) is 11.9 Å². The van der Waals surface area contributed by atoms with Crippen LogP contribution in [0.25, 0.3) is 0 Å². The van der Waals surface area contributed by atoms with Crippen LogP contribution in [0, 0.1) is 11.7 Å². The molecule has 1 amide bonds. The summed E-state index contributed by atoms with van der Waals surface area (Å²) in [5.74, 6) is 0.213. The fourth-order valence-electron chi connectivity index (χ4n) is 3.21. The first-order valence-electron chi connectivity index (χ1n) is 6.40. The van der Waals surface area contributed by atoms with Crippen molar-refractivity contribution in [3.8, 4) is 0 Å². The van der Waals surface area contributed by atoms with Crippen molar-refractivity contribution in [2.45, 2.75) is 12.5 Å². The summed E-state index contributed by atoms with van der Waals surface area (Å²) in [5, 5.41) is 0. The number of benzene rings is 1. The SMILES string of the molecule is CN1C[C@@H]2CCN(C(=O)c3cccc(F)c3)[C@H]2C1. The van der Waals surface area contributed by atoms with Gasteiger partial charge in [-0.3, -0.25) is 4.79 Å². The largest absolute Gasteiger partial charge is 0.334 e. The molecule has 0 aliphatic carbocycles. The standard InChI is InChI=1S/C14H17FN2O/c1-16-8-11-5-6-17(13(11)9-16)14(18)10-3-2-4-12(15)7-10/h2-4,7,11,13H,5-6,8-9H2,1H3/t11-,13-/m0/s1. The summed E-state index contributed by atoms with van der Waals surface area (Å²) in [6.45, 7) is 2.81. The van der Waals surface area contributed by atoms with Crippen molar-refractivity contribution in [2.24, 2.45) is 5.92 Å². The maximum absolute atomic E-state index is 13.2. The van der Waals surface area contributed by atoms with E-state index in [9.17, 15) is 9.18 Å². The summed E-state index contributed by atoms with van der Waals surface area (Å²) < 4.78 is 13.2. The lowest BCUT2D eigenvalue weighted by atomic mass is 10.0. The Balaban J connectivity index is 1.81. The Labute approximate surface area is 106 Å². The van der Waals surface area contributed by atoms with Crippen molar-refractivity contribution in [1.82, 2.24) is 9.80 Å². The molecule has 18 heavy (non-hydrogen) atoms. The molecule has 0 aromatic heterocycles. The average molecular weight is 248 g/mol. The maximum Gasteiger partial charge on any atom is 0.254 e. The molecule has 0 radical (unpaired) electrons. The molecule has 1 aromatic carbocycles. The number of hydrogen-bond donors (Lipinski definition) is 0. The Hall–Kier alpha value is -1.42. The molecular formula is C14H17FN2O. The third-order valence-corrected chi connectivity index (χ3v) is 4.06. The van der Waals surface area contributed by atoms with Gasteiger partial charge in [0.05, 0.1) is 0 Å². The van der Waals surface area contributed by atoms with Gasteiger partial charge in [0, 0.05) is 31.2 Å². The molecule has 0 N–H and O–H groups in total. The maximum atomic E-state index is 13.2. The van der Waals surface area contributed by atoms with Crippen LogP contribution < -0.4 is 0 Å². The first-order valence-corrected chi connectivity index (χ1v) is 6.40. The summed E-state index contributed by atoms with van der Waals surface area (Å²) >= 11 is 0. The highest BCUT2D eigenvalue weighted by atomic mass is 19.1. The lowest BCUT2D eigenvalue weighted by molar-refractivity contribution is 0.0729. The van der Waals surface area contributed by atoms with E-state index in [1.807, 2.05) is 4.90 Å². The zero-order valence-corrected chi connectivity index (χ0v) is 10.5. The molecule has 2 heterocycles. The van der Waals surface area contributed by atoms with Crippen LogP contribution in [0.15, 0.2) is 24.3 Å². The van der Waals surface area contributed by atoms with E-state index < -0.39 is 0 Å². The van der Waals surface area contributed by atoms with Crippen molar-refractivity contribution in [2.75, 3.05) is 26.7 Å². The van der Waals surface area contributed by atoms with Crippen LogP contribution in [0.2, 0.25) is 0 Å². The highest BCUT2D eigenvalue weighted by molar-refractivity contribution is 5.94. The summed E-state index contributed by atoms with van der Waals surface area (Å²) in [6, 6.07) is 6.29. The van der Waals surface area contributed by atoms with Crippen molar-refractivity contribution < 1.29 is 9.18 Å². The van der Waals surface area contributed by atoms with E-state index in [0.29, 0.717) is 17.5 Å². The number of hydrogen-bond acceptors (Lipinski definition) is 2. The molecule has 0 saturated carbocycles. The third-order valence-electron chi connectivity index (χ3n) is 4.06. The smallest absolute Gasteiger partial charge is 0.254 e. The second-order valence-electron chi connectivity index (χ2n) is 5.35. The fraction of sp³-hybridized carbons (Fsp3) is 0.500. The average Bonchev–Trinajstić information content (AvgIpc) is 2.87. The van der Waals surface area contributed by atoms with Crippen LogP contribution in [0.1, 0.15) is 16.8 Å². The van der Waals surface area contributed by atoms with Crippen LogP contribution in [-0.2, 0) is 0 Å². The van der Waals surface area contributed by atoms with E-state index in [1.165, 1.54) is 12.1 Å². The number of fused-ring (bicyclic) bond motifs is 1. The Morgan fingerprint density at radius 2 is 2.22 bits per heavy atom. The van der Waals surface area contributed by atoms with Crippen LogP contribution in [0.4, 0.5) is 4.39 Å². The number of amides is 1. The topological polar surface area (TPSA) is 23.6 Å². The van der Waals surface area contributed by atoms with E-state index in [0.717, 1.165) is 26.1 Å². The molecule has 3 nitrogen and oxygen atoms in total. The van der Waals surface area contributed by atoms with E-state index >= 15 is 0 Å². The van der Waals surface area contributed by atoms with Gasteiger partial charge in [0.25, 0.3) is 5.91 Å². The van der Waals surface area contributed by atoms with E-state index in [1.54, 1.807) is 12.1 Å². The second-order valence-corrected chi connectivity index (χ2v) is 5.35. The molecule has 2 aliphatic heterocycles. The molecule has 1 aromatic rings. The minimum absolute atomic E-state index is 0.0303. The number of carbonyl (C=O) groups is 1. The minimum Gasteiger partial charge on any atom is -0.334 e. The zero-order valence-electron chi connectivity index (χ0n) is 10.5. The van der Waals surface area contributed by atoms with Crippen molar-refractivity contribution >= 4 is 5.91 Å². The van der Waals surface area contributed by atoms with Crippen LogP contribution in [0.5, 0.6) is 0 Å². The lowest BCUT2D eigenvalue weighted by Gasteiger charge is -2.24. The van der Waals surface area contributed by atoms with Gasteiger partial charge < -0.3 is 9.80 Å². The van der Waals surface area contributed by atoms with Crippen molar-refractivity contribution in [1.29, 1.82) is 0 Å². The molecule has 0 spiro atoms. The molecule has 4 heteroatoms. The normalized spacial score (nSPS) is 27.6. The quantitative estimate of drug-likeness (QED) is 0.753. The number of nitrogens with zero attached hydrogens (tertiary/aromatic N) is 2. The van der Waals surface area contributed by atoms with Gasteiger partial charge in [-0.05, 0) is 37.6 Å². The van der Waals surface area contributed by atoms with Crippen molar-refractivity contribution in [3.05, 3.63) is 35.6 Å². The molecule has 0 unspecified atom stereocenters. The fourth-order valence-corrected chi connectivity index (χ4v) is 3.21. The Kier molecular flexibility index (Phi) is 2.82. The predicted molar refractivity (Wildman–Crippen MR) is 66.8 cm³/mol. The highest BCUT2D eigenvalue weighted by Gasteiger charge is 2.42. The molecule has 2 aliphatic rings. The van der Waals surface area contributed by atoms with Crippen molar-refractivity contribution in [3.63, 3.8) is 0 Å². The predicted octanol–water partition coefficient (Wildman–Crippen LogP) is 1.60. The van der Waals surface area contributed by atoms with Gasteiger partial charge >= 0.3 is 0 Å². The molecule has 2 saturated heterocycles. The first kappa shape index (κ1) is 11.7. The Morgan fingerprint density at radius 1 is 1.39 bits per heavy atom.